The highest BCUT2D eigenvalue weighted by Gasteiger charge is 2.40. The first-order valence-corrected chi connectivity index (χ1v) is 13.2. The van der Waals surface area contributed by atoms with Gasteiger partial charge in [0.05, 0.1) is 18.2 Å². The van der Waals surface area contributed by atoms with Gasteiger partial charge in [-0.05, 0) is 45.4 Å². The molecule has 2 heterocycles. The van der Waals surface area contributed by atoms with Crippen molar-refractivity contribution in [3.63, 3.8) is 0 Å². The Balaban J connectivity index is 2.00. The highest BCUT2D eigenvalue weighted by molar-refractivity contribution is 6.35. The molecule has 11 heteroatoms. The first kappa shape index (κ1) is 28.8. The van der Waals surface area contributed by atoms with Crippen LogP contribution in [0.1, 0.15) is 39.3 Å². The lowest BCUT2D eigenvalue weighted by molar-refractivity contribution is -0.139. The topological polar surface area (TPSA) is 94.2 Å². The fourth-order valence-corrected chi connectivity index (χ4v) is 5.15. The van der Waals surface area contributed by atoms with Crippen molar-refractivity contribution >= 4 is 41.2 Å². The predicted octanol–water partition coefficient (Wildman–Crippen LogP) is 4.19. The Labute approximate surface area is 228 Å². The summed E-state index contributed by atoms with van der Waals surface area (Å²) in [5, 5.41) is 6.62. The number of nitrogens with zero attached hydrogens (tertiary/aromatic N) is 3. The van der Waals surface area contributed by atoms with Gasteiger partial charge >= 0.3 is 18.0 Å². The third-order valence-electron chi connectivity index (χ3n) is 6.28. The molecule has 1 fully saturated rings. The minimum atomic E-state index is -0.817. The zero-order chi connectivity index (χ0) is 27.3. The van der Waals surface area contributed by atoms with E-state index in [0.29, 0.717) is 53.1 Å². The van der Waals surface area contributed by atoms with Crippen LogP contribution in [0.15, 0.2) is 42.1 Å². The molecule has 1 aromatic rings. The van der Waals surface area contributed by atoms with E-state index in [1.165, 1.54) is 4.90 Å². The average molecular weight is 553 g/mol. The molecule has 4 amide bonds. The highest BCUT2D eigenvalue weighted by Crippen LogP contribution is 2.36. The molecule has 0 aliphatic carbocycles. The Kier molecular flexibility index (Phi) is 9.87. The lowest BCUT2D eigenvalue weighted by atomic mass is 9.93. The summed E-state index contributed by atoms with van der Waals surface area (Å²) in [4.78, 5) is 44.6. The second-order valence-corrected chi connectivity index (χ2v) is 10.3. The van der Waals surface area contributed by atoms with E-state index >= 15 is 0 Å². The van der Waals surface area contributed by atoms with Gasteiger partial charge in [0.2, 0.25) is 0 Å². The number of esters is 1. The van der Waals surface area contributed by atoms with Gasteiger partial charge in [0.25, 0.3) is 0 Å². The molecule has 37 heavy (non-hydrogen) atoms. The Morgan fingerprint density at radius 2 is 2.03 bits per heavy atom. The lowest BCUT2D eigenvalue weighted by Crippen LogP contribution is -2.58. The van der Waals surface area contributed by atoms with Crippen LogP contribution in [0.5, 0.6) is 0 Å². The molecule has 1 saturated heterocycles. The number of benzene rings is 1. The third kappa shape index (κ3) is 6.77. The number of urea groups is 2. The zero-order valence-electron chi connectivity index (χ0n) is 21.7. The minimum Gasteiger partial charge on any atom is -0.463 e. The van der Waals surface area contributed by atoms with Crippen molar-refractivity contribution in [2.24, 2.45) is 0 Å². The number of ether oxygens (including phenoxy) is 1. The molecule has 0 bridgehead atoms. The number of nitrogens with one attached hydrogen (secondary N) is 2. The minimum absolute atomic E-state index is 0.0415. The monoisotopic (exact) mass is 551 g/mol. The molecule has 9 nitrogen and oxygen atoms in total. The summed E-state index contributed by atoms with van der Waals surface area (Å²) in [7, 11) is 0. The van der Waals surface area contributed by atoms with E-state index in [0.717, 1.165) is 0 Å². The molecular weight excluding hydrogens is 517 g/mol. The molecule has 202 valence electrons. The molecule has 0 radical (unpaired) electrons. The van der Waals surface area contributed by atoms with Crippen molar-refractivity contribution < 1.29 is 19.1 Å². The van der Waals surface area contributed by atoms with Crippen LogP contribution in [-0.2, 0) is 9.53 Å². The van der Waals surface area contributed by atoms with Gasteiger partial charge in [-0.1, -0.05) is 35.3 Å². The van der Waals surface area contributed by atoms with E-state index in [9.17, 15) is 14.4 Å². The first-order valence-electron chi connectivity index (χ1n) is 12.4. The van der Waals surface area contributed by atoms with Crippen LogP contribution in [0.2, 0.25) is 10.0 Å². The second-order valence-electron chi connectivity index (χ2n) is 9.41. The van der Waals surface area contributed by atoms with Crippen LogP contribution in [0.3, 0.4) is 0 Å². The van der Waals surface area contributed by atoms with Crippen LogP contribution in [0, 0.1) is 0 Å². The fourth-order valence-electron chi connectivity index (χ4n) is 4.63. The molecule has 0 unspecified atom stereocenters. The van der Waals surface area contributed by atoms with Crippen molar-refractivity contribution in [2.45, 2.75) is 45.8 Å². The van der Waals surface area contributed by atoms with E-state index in [4.69, 9.17) is 27.9 Å². The summed E-state index contributed by atoms with van der Waals surface area (Å²) < 4.78 is 5.43. The summed E-state index contributed by atoms with van der Waals surface area (Å²) in [6, 6.07) is 3.62. The number of halogens is 2. The van der Waals surface area contributed by atoms with Gasteiger partial charge in [-0.2, -0.15) is 0 Å². The van der Waals surface area contributed by atoms with Crippen LogP contribution in [0.25, 0.3) is 0 Å². The molecule has 0 aromatic heterocycles. The maximum atomic E-state index is 13.3. The molecular formula is C26H35Cl2N5O4. The predicted molar refractivity (Wildman–Crippen MR) is 145 cm³/mol. The SMILES string of the molecule is C=CCN1C(=O)N[C@@H](c2ccc(Cl)cc2Cl)C(C(=O)OCC)=C1CN1CCN(C(=O)NC(C)C)[C@@H](C)C1. The van der Waals surface area contributed by atoms with Crippen LogP contribution in [-0.4, -0.2) is 84.1 Å². The Hall–Kier alpha value is -2.75. The molecule has 3 rings (SSSR count). The molecule has 2 atom stereocenters. The van der Waals surface area contributed by atoms with Crippen LogP contribution < -0.4 is 10.6 Å². The number of carbonyl (C=O) groups is 3. The van der Waals surface area contributed by atoms with Gasteiger partial charge in [0, 0.05) is 60.5 Å². The van der Waals surface area contributed by atoms with E-state index in [-0.39, 0.29) is 37.3 Å². The van der Waals surface area contributed by atoms with E-state index in [2.05, 4.69) is 22.1 Å². The fraction of sp³-hybridized carbons (Fsp3) is 0.500. The molecule has 2 aliphatic heterocycles. The van der Waals surface area contributed by atoms with Crippen molar-refractivity contribution in [1.29, 1.82) is 0 Å². The normalized spacial score (nSPS) is 20.7. The quantitative estimate of drug-likeness (QED) is 0.373. The number of rotatable bonds is 8. The van der Waals surface area contributed by atoms with Crippen molar-refractivity contribution in [3.05, 3.63) is 57.7 Å². The Bertz CT molecular complexity index is 1080. The summed E-state index contributed by atoms with van der Waals surface area (Å²) in [5.74, 6) is -0.537. The highest BCUT2D eigenvalue weighted by atomic mass is 35.5. The number of amides is 4. The summed E-state index contributed by atoms with van der Waals surface area (Å²) in [6.07, 6.45) is 1.61. The number of hydrogen-bond donors (Lipinski definition) is 2. The lowest BCUT2D eigenvalue weighted by Gasteiger charge is -2.43. The molecule has 1 aromatic carbocycles. The van der Waals surface area contributed by atoms with E-state index in [1.807, 2.05) is 25.7 Å². The first-order chi connectivity index (χ1) is 17.6. The molecule has 2 N–H and O–H groups in total. The maximum absolute atomic E-state index is 13.3. The summed E-state index contributed by atoms with van der Waals surface area (Å²) in [5.41, 5.74) is 1.37. The third-order valence-corrected chi connectivity index (χ3v) is 6.84. The van der Waals surface area contributed by atoms with E-state index in [1.54, 1.807) is 31.2 Å². The van der Waals surface area contributed by atoms with Gasteiger partial charge in [0.15, 0.2) is 0 Å². The molecule has 0 spiro atoms. The zero-order valence-corrected chi connectivity index (χ0v) is 23.2. The second kappa shape index (κ2) is 12.7. The summed E-state index contributed by atoms with van der Waals surface area (Å²) >= 11 is 12.6. The van der Waals surface area contributed by atoms with Gasteiger partial charge in [-0.3, -0.25) is 9.80 Å². The van der Waals surface area contributed by atoms with Crippen LogP contribution >= 0.6 is 23.2 Å². The Morgan fingerprint density at radius 1 is 1.30 bits per heavy atom. The number of piperazine rings is 1. The number of hydrogen-bond acceptors (Lipinski definition) is 5. The smallest absolute Gasteiger partial charge is 0.338 e. The Morgan fingerprint density at radius 3 is 2.62 bits per heavy atom. The summed E-state index contributed by atoms with van der Waals surface area (Å²) in [6.45, 7) is 13.7. The maximum Gasteiger partial charge on any atom is 0.338 e. The van der Waals surface area contributed by atoms with Gasteiger partial charge in [-0.25, -0.2) is 14.4 Å². The van der Waals surface area contributed by atoms with Gasteiger partial charge < -0.3 is 20.3 Å². The van der Waals surface area contributed by atoms with Crippen molar-refractivity contribution in [3.8, 4) is 0 Å². The largest absolute Gasteiger partial charge is 0.463 e. The molecule has 2 aliphatic rings. The van der Waals surface area contributed by atoms with Gasteiger partial charge in [0.1, 0.15) is 0 Å². The van der Waals surface area contributed by atoms with E-state index < -0.39 is 12.0 Å². The number of carbonyl (C=O) groups excluding carboxylic acids is 3. The standard InChI is InChI=1S/C26H35Cl2N5O4/c1-6-10-33-21(15-31-11-12-32(17(5)14-31)25(35)29-16(3)4)22(24(34)37-7-2)23(30-26(33)36)19-9-8-18(27)13-20(19)28/h6,8-9,13,16-17,23H,1,7,10-12,14-15H2,2-5H3,(H,29,35)(H,30,36)/t17-,23-/m0/s1. The average Bonchev–Trinajstić information content (AvgIpc) is 2.81. The van der Waals surface area contributed by atoms with Crippen LogP contribution in [0.4, 0.5) is 9.59 Å². The van der Waals surface area contributed by atoms with Gasteiger partial charge in [-0.15, -0.1) is 6.58 Å². The van der Waals surface area contributed by atoms with Crippen molar-refractivity contribution in [1.82, 2.24) is 25.3 Å². The molecule has 0 saturated carbocycles. The van der Waals surface area contributed by atoms with Crippen molar-refractivity contribution in [2.75, 3.05) is 39.3 Å².